The Labute approximate surface area is 153 Å². The van der Waals surface area contributed by atoms with Crippen molar-refractivity contribution in [1.82, 2.24) is 0 Å². The molecule has 0 saturated heterocycles. The topological polar surface area (TPSA) is 37.3 Å². The second kappa shape index (κ2) is 7.02. The molecule has 0 heterocycles. The summed E-state index contributed by atoms with van der Waals surface area (Å²) in [7, 11) is 0. The van der Waals surface area contributed by atoms with Crippen molar-refractivity contribution in [3.63, 3.8) is 0 Å². The van der Waals surface area contributed by atoms with Gasteiger partial charge in [-0.15, -0.1) is 0 Å². The Balaban J connectivity index is 0.000000415. The van der Waals surface area contributed by atoms with Gasteiger partial charge in [-0.3, -0.25) is 0 Å². The van der Waals surface area contributed by atoms with Gasteiger partial charge in [0, 0.05) is 6.42 Å². The highest BCUT2D eigenvalue weighted by atomic mass is 16.3. The van der Waals surface area contributed by atoms with E-state index in [1.165, 1.54) is 38.5 Å². The largest absolute Gasteiger partial charge is 0.386 e. The molecule has 2 fully saturated rings. The Hall–Kier alpha value is -0.890. The molecule has 0 spiro atoms. The molecule has 0 bridgehead atoms. The van der Waals surface area contributed by atoms with Gasteiger partial charge in [0.1, 0.15) is 6.29 Å². The number of carbonyl (C=O) groups excluding carboxylic acids is 1. The highest BCUT2D eigenvalue weighted by Crippen LogP contribution is 2.61. The molecule has 4 rings (SSSR count). The number of rotatable bonds is 1. The van der Waals surface area contributed by atoms with Crippen LogP contribution in [0.25, 0.3) is 0 Å². The number of hydrogen-bond acceptors (Lipinski definition) is 2. The zero-order valence-electron chi connectivity index (χ0n) is 16.6. The highest BCUT2D eigenvalue weighted by molar-refractivity contribution is 5.48. The number of hydrogen-bond donors (Lipinski definition) is 1. The number of fused-ring (bicyclic) bond motifs is 5. The highest BCUT2D eigenvalue weighted by Gasteiger charge is 2.52. The van der Waals surface area contributed by atoms with E-state index < -0.39 is 5.60 Å². The third kappa shape index (κ3) is 3.39. The van der Waals surface area contributed by atoms with E-state index in [-0.39, 0.29) is 0 Å². The molecule has 0 aromatic rings. The molecule has 0 amide bonds. The number of carbonyl (C=O) groups is 1. The average molecular weight is 345 g/mol. The molecular weight excluding hydrogens is 308 g/mol. The molecule has 6 atom stereocenters. The van der Waals surface area contributed by atoms with Crippen molar-refractivity contribution in [3.05, 3.63) is 23.3 Å². The van der Waals surface area contributed by atoms with Gasteiger partial charge in [0.2, 0.25) is 0 Å². The predicted molar refractivity (Wildman–Crippen MR) is 103 cm³/mol. The van der Waals surface area contributed by atoms with E-state index in [9.17, 15) is 9.90 Å². The number of aliphatic hydroxyl groups is 1. The van der Waals surface area contributed by atoms with Gasteiger partial charge in [-0.2, -0.15) is 0 Å². The Morgan fingerprint density at radius 3 is 2.60 bits per heavy atom. The fraction of sp³-hybridized carbons (Fsp3) is 0.783. The summed E-state index contributed by atoms with van der Waals surface area (Å²) in [6, 6.07) is 0. The minimum absolute atomic E-state index is 0.364. The van der Waals surface area contributed by atoms with Gasteiger partial charge >= 0.3 is 0 Å². The van der Waals surface area contributed by atoms with Crippen molar-refractivity contribution in [2.24, 2.45) is 29.1 Å². The molecule has 0 aromatic heterocycles. The molecular formula is C23H36O2. The second-order valence-corrected chi connectivity index (χ2v) is 9.37. The quantitative estimate of drug-likeness (QED) is 0.506. The Bertz CT molecular complexity index is 571. The van der Waals surface area contributed by atoms with Crippen LogP contribution in [0.5, 0.6) is 0 Å². The third-order valence-electron chi connectivity index (χ3n) is 7.62. The Morgan fingerprint density at radius 1 is 1.20 bits per heavy atom. The monoisotopic (exact) mass is 344 g/mol. The van der Waals surface area contributed by atoms with E-state index in [2.05, 4.69) is 26.0 Å². The van der Waals surface area contributed by atoms with Crippen molar-refractivity contribution in [1.29, 1.82) is 0 Å². The molecule has 25 heavy (non-hydrogen) atoms. The van der Waals surface area contributed by atoms with Crippen LogP contribution in [-0.2, 0) is 4.79 Å². The van der Waals surface area contributed by atoms with Crippen LogP contribution >= 0.6 is 0 Å². The third-order valence-corrected chi connectivity index (χ3v) is 7.62. The maximum Gasteiger partial charge on any atom is 0.119 e. The van der Waals surface area contributed by atoms with Gasteiger partial charge in [0.15, 0.2) is 0 Å². The van der Waals surface area contributed by atoms with Crippen LogP contribution < -0.4 is 0 Å². The van der Waals surface area contributed by atoms with Crippen LogP contribution in [0.1, 0.15) is 79.1 Å². The predicted octanol–water partition coefficient (Wildman–Crippen LogP) is 5.46. The zero-order valence-corrected chi connectivity index (χ0v) is 16.6. The number of aldehydes is 1. The fourth-order valence-corrected chi connectivity index (χ4v) is 6.14. The Kier molecular flexibility index (Phi) is 5.31. The van der Waals surface area contributed by atoms with Crippen molar-refractivity contribution in [2.45, 2.75) is 84.7 Å². The normalized spacial score (nSPS) is 45.0. The SMILES string of the molecule is CC1CC=C2C1CCC1C2CCC2=CC(C)(O)CCC21C.CCC=O. The second-order valence-electron chi connectivity index (χ2n) is 9.37. The van der Waals surface area contributed by atoms with Gasteiger partial charge in [0.25, 0.3) is 0 Å². The molecule has 2 heteroatoms. The maximum atomic E-state index is 10.4. The van der Waals surface area contributed by atoms with Crippen molar-refractivity contribution in [2.75, 3.05) is 0 Å². The van der Waals surface area contributed by atoms with Gasteiger partial charge in [0.05, 0.1) is 5.60 Å². The number of allylic oxidation sites excluding steroid dienone is 3. The molecule has 4 aliphatic carbocycles. The van der Waals surface area contributed by atoms with Gasteiger partial charge in [-0.05, 0) is 81.0 Å². The first kappa shape index (κ1) is 18.9. The summed E-state index contributed by atoms with van der Waals surface area (Å²) in [4.78, 5) is 9.17. The smallest absolute Gasteiger partial charge is 0.119 e. The molecule has 6 unspecified atom stereocenters. The Morgan fingerprint density at radius 2 is 1.92 bits per heavy atom. The summed E-state index contributed by atoms with van der Waals surface area (Å²) in [5.41, 5.74) is 3.21. The molecule has 0 radical (unpaired) electrons. The standard InChI is InChI=1S/C20H30O.C3H6O/c1-13-4-6-16-15(13)8-9-18-17(16)7-5-14-12-19(2,21)10-11-20(14,18)3;1-2-3-4/h6,12-13,15,17-18,21H,4-5,7-11H2,1-3H3;3H,2H2,1H3. The van der Waals surface area contributed by atoms with Crippen LogP contribution in [-0.4, -0.2) is 17.0 Å². The lowest BCUT2D eigenvalue weighted by atomic mass is 9.50. The zero-order chi connectivity index (χ0) is 18.2. The molecule has 140 valence electrons. The fourth-order valence-electron chi connectivity index (χ4n) is 6.14. The van der Waals surface area contributed by atoms with E-state index >= 15 is 0 Å². The summed E-state index contributed by atoms with van der Waals surface area (Å²) >= 11 is 0. The molecule has 1 N–H and O–H groups in total. The van der Waals surface area contributed by atoms with Crippen LogP contribution in [0.2, 0.25) is 0 Å². The summed E-state index contributed by atoms with van der Waals surface area (Å²) < 4.78 is 0. The summed E-state index contributed by atoms with van der Waals surface area (Å²) in [5, 5.41) is 10.4. The molecule has 4 aliphatic rings. The molecule has 2 nitrogen and oxygen atoms in total. The average Bonchev–Trinajstić information content (AvgIpc) is 2.97. The first-order valence-corrected chi connectivity index (χ1v) is 10.4. The van der Waals surface area contributed by atoms with Gasteiger partial charge < -0.3 is 9.90 Å². The van der Waals surface area contributed by atoms with Crippen molar-refractivity contribution >= 4 is 6.29 Å². The van der Waals surface area contributed by atoms with Crippen LogP contribution in [0.4, 0.5) is 0 Å². The summed E-state index contributed by atoms with van der Waals surface area (Å²) in [6.07, 6.45) is 15.1. The first-order chi connectivity index (χ1) is 11.8. The lowest BCUT2D eigenvalue weighted by molar-refractivity contribution is -0.107. The van der Waals surface area contributed by atoms with E-state index in [4.69, 9.17) is 0 Å². The van der Waals surface area contributed by atoms with Crippen LogP contribution in [0.15, 0.2) is 23.3 Å². The van der Waals surface area contributed by atoms with Crippen LogP contribution in [0.3, 0.4) is 0 Å². The first-order valence-electron chi connectivity index (χ1n) is 10.4. The van der Waals surface area contributed by atoms with E-state index in [1.807, 2.05) is 19.4 Å². The molecule has 2 saturated carbocycles. The molecule has 0 aliphatic heterocycles. The van der Waals surface area contributed by atoms with E-state index in [0.717, 1.165) is 36.4 Å². The van der Waals surface area contributed by atoms with E-state index in [0.29, 0.717) is 11.8 Å². The van der Waals surface area contributed by atoms with Crippen molar-refractivity contribution < 1.29 is 9.90 Å². The van der Waals surface area contributed by atoms with Crippen LogP contribution in [0, 0.1) is 29.1 Å². The van der Waals surface area contributed by atoms with Crippen molar-refractivity contribution in [3.8, 4) is 0 Å². The lowest BCUT2D eigenvalue weighted by Crippen LogP contribution is -2.47. The van der Waals surface area contributed by atoms with Gasteiger partial charge in [-0.25, -0.2) is 0 Å². The van der Waals surface area contributed by atoms with Gasteiger partial charge in [-0.1, -0.05) is 44.1 Å². The minimum Gasteiger partial charge on any atom is -0.386 e. The summed E-state index contributed by atoms with van der Waals surface area (Å²) in [5.74, 6) is 3.46. The lowest BCUT2D eigenvalue weighted by Gasteiger charge is -2.55. The summed E-state index contributed by atoms with van der Waals surface area (Å²) in [6.45, 7) is 8.75. The minimum atomic E-state index is -0.556. The van der Waals surface area contributed by atoms with E-state index in [1.54, 1.807) is 5.57 Å². The maximum absolute atomic E-state index is 10.4. The molecule has 0 aromatic carbocycles.